The first-order chi connectivity index (χ1) is 15.0. The van der Waals surface area contributed by atoms with E-state index in [1.807, 2.05) is 59.5 Å². The molecule has 2 aromatic carbocycles. The van der Waals surface area contributed by atoms with Crippen LogP contribution in [0.5, 0.6) is 0 Å². The predicted octanol–water partition coefficient (Wildman–Crippen LogP) is 4.76. The summed E-state index contributed by atoms with van der Waals surface area (Å²) in [5.41, 5.74) is 1.74. The van der Waals surface area contributed by atoms with Gasteiger partial charge in [-0.05, 0) is 19.1 Å². The molecule has 31 heavy (non-hydrogen) atoms. The Balaban J connectivity index is 1.39. The first kappa shape index (κ1) is 21.6. The third-order valence-electron chi connectivity index (χ3n) is 5.46. The highest BCUT2D eigenvalue weighted by Crippen LogP contribution is 2.28. The van der Waals surface area contributed by atoms with Crippen LogP contribution in [0.25, 0.3) is 11.4 Å². The minimum atomic E-state index is 0.00555. The van der Waals surface area contributed by atoms with Crippen molar-refractivity contribution in [1.29, 1.82) is 0 Å². The Morgan fingerprint density at radius 3 is 2.35 bits per heavy atom. The maximum absolute atomic E-state index is 13.2. The van der Waals surface area contributed by atoms with Gasteiger partial charge in [0, 0.05) is 41.9 Å². The van der Waals surface area contributed by atoms with E-state index in [0.29, 0.717) is 30.1 Å². The maximum Gasteiger partial charge on any atom is 0.255 e. The number of carbonyl (C=O) groups is 1. The number of nitrogens with zero attached hydrogens (tertiary/aromatic N) is 4. The minimum Gasteiger partial charge on any atom is -0.337 e. The fraction of sp³-hybridized carbons (Fsp3) is 0.375. The van der Waals surface area contributed by atoms with Crippen LogP contribution in [-0.2, 0) is 0 Å². The molecule has 0 bridgehead atoms. The lowest BCUT2D eigenvalue weighted by Crippen LogP contribution is -2.49. The van der Waals surface area contributed by atoms with E-state index in [1.54, 1.807) is 11.8 Å². The highest BCUT2D eigenvalue weighted by Gasteiger charge is 2.29. The summed E-state index contributed by atoms with van der Waals surface area (Å²) < 4.78 is 5.54. The number of hydrogen-bond acceptors (Lipinski definition) is 6. The van der Waals surface area contributed by atoms with Gasteiger partial charge in [-0.15, -0.1) is 11.8 Å². The van der Waals surface area contributed by atoms with Crippen LogP contribution in [0.4, 0.5) is 0 Å². The van der Waals surface area contributed by atoms with Crippen LogP contribution < -0.4 is 0 Å². The van der Waals surface area contributed by atoms with E-state index in [-0.39, 0.29) is 11.9 Å². The number of benzene rings is 2. The van der Waals surface area contributed by atoms with Gasteiger partial charge < -0.3 is 9.42 Å². The molecule has 1 aromatic heterocycles. The molecule has 3 aromatic rings. The number of amides is 1. The van der Waals surface area contributed by atoms with Gasteiger partial charge in [0.1, 0.15) is 0 Å². The summed E-state index contributed by atoms with van der Waals surface area (Å²) in [6, 6.07) is 17.7. The SMILES string of the molecule is CC(C)Sc1ccccc1C(=O)N1CCN(C(C)c2nc(-c3ccccc3)no2)CC1. The van der Waals surface area contributed by atoms with Crippen molar-refractivity contribution < 1.29 is 9.32 Å². The van der Waals surface area contributed by atoms with Gasteiger partial charge in [0.25, 0.3) is 5.91 Å². The average Bonchev–Trinajstić information content (AvgIpc) is 3.29. The lowest BCUT2D eigenvalue weighted by Gasteiger charge is -2.37. The lowest BCUT2D eigenvalue weighted by molar-refractivity contribution is 0.0548. The van der Waals surface area contributed by atoms with Crippen molar-refractivity contribution in [3.63, 3.8) is 0 Å². The van der Waals surface area contributed by atoms with E-state index in [0.717, 1.165) is 29.1 Å². The van der Waals surface area contributed by atoms with Gasteiger partial charge in [0.15, 0.2) is 0 Å². The molecule has 1 atom stereocenters. The first-order valence-corrected chi connectivity index (χ1v) is 11.6. The van der Waals surface area contributed by atoms with Crippen LogP contribution >= 0.6 is 11.8 Å². The molecule has 2 heterocycles. The van der Waals surface area contributed by atoms with Gasteiger partial charge in [-0.2, -0.15) is 4.98 Å². The maximum atomic E-state index is 13.2. The smallest absolute Gasteiger partial charge is 0.255 e. The highest BCUT2D eigenvalue weighted by atomic mass is 32.2. The van der Waals surface area contributed by atoms with Crippen LogP contribution in [0.15, 0.2) is 64.0 Å². The molecule has 0 spiro atoms. The third-order valence-corrected chi connectivity index (χ3v) is 6.54. The van der Waals surface area contributed by atoms with Crippen molar-refractivity contribution in [3.05, 3.63) is 66.1 Å². The van der Waals surface area contributed by atoms with Gasteiger partial charge in [-0.1, -0.05) is 61.5 Å². The summed E-state index contributed by atoms with van der Waals surface area (Å²) in [5.74, 6) is 1.33. The average molecular weight is 437 g/mol. The molecular weight excluding hydrogens is 408 g/mol. The van der Waals surface area contributed by atoms with Crippen molar-refractivity contribution in [1.82, 2.24) is 19.9 Å². The van der Waals surface area contributed by atoms with Gasteiger partial charge in [-0.3, -0.25) is 9.69 Å². The van der Waals surface area contributed by atoms with E-state index in [4.69, 9.17) is 4.52 Å². The molecule has 1 aliphatic heterocycles. The van der Waals surface area contributed by atoms with Crippen molar-refractivity contribution in [2.75, 3.05) is 26.2 Å². The van der Waals surface area contributed by atoms with Crippen molar-refractivity contribution >= 4 is 17.7 Å². The summed E-state index contributed by atoms with van der Waals surface area (Å²) in [6.07, 6.45) is 0. The Morgan fingerprint density at radius 2 is 1.65 bits per heavy atom. The molecule has 1 aliphatic rings. The van der Waals surface area contributed by atoms with Gasteiger partial charge >= 0.3 is 0 Å². The van der Waals surface area contributed by atoms with Crippen LogP contribution in [0.2, 0.25) is 0 Å². The topological polar surface area (TPSA) is 62.5 Å². The molecule has 0 saturated carbocycles. The normalized spacial score (nSPS) is 15.9. The second-order valence-corrected chi connectivity index (χ2v) is 9.61. The van der Waals surface area contributed by atoms with Crippen LogP contribution in [0, 0.1) is 0 Å². The zero-order chi connectivity index (χ0) is 21.8. The summed E-state index contributed by atoms with van der Waals surface area (Å²) >= 11 is 1.74. The molecule has 0 radical (unpaired) electrons. The number of rotatable bonds is 6. The molecule has 1 unspecified atom stereocenters. The molecule has 4 rings (SSSR count). The van der Waals surface area contributed by atoms with E-state index in [2.05, 4.69) is 35.8 Å². The summed E-state index contributed by atoms with van der Waals surface area (Å²) in [4.78, 5) is 23.1. The molecule has 7 heteroatoms. The van der Waals surface area contributed by atoms with Crippen molar-refractivity contribution in [2.45, 2.75) is 37.0 Å². The Morgan fingerprint density at radius 1 is 0.968 bits per heavy atom. The summed E-state index contributed by atoms with van der Waals surface area (Å²) in [6.45, 7) is 9.28. The monoisotopic (exact) mass is 436 g/mol. The van der Waals surface area contributed by atoms with Gasteiger partial charge in [0.2, 0.25) is 11.7 Å². The molecule has 1 fully saturated rings. The number of carbonyl (C=O) groups excluding carboxylic acids is 1. The molecule has 1 saturated heterocycles. The molecule has 162 valence electrons. The first-order valence-electron chi connectivity index (χ1n) is 10.7. The standard InChI is InChI=1S/C24H28N4O2S/c1-17(2)31-21-12-8-7-11-20(21)24(29)28-15-13-27(14-16-28)18(3)23-25-22(26-30-23)19-9-5-4-6-10-19/h4-12,17-18H,13-16H2,1-3H3. The molecule has 0 N–H and O–H groups in total. The quantitative estimate of drug-likeness (QED) is 0.520. The lowest BCUT2D eigenvalue weighted by atomic mass is 10.1. The largest absolute Gasteiger partial charge is 0.337 e. The Labute approximate surface area is 187 Å². The third kappa shape index (κ3) is 4.99. The molecule has 6 nitrogen and oxygen atoms in total. The van der Waals surface area contributed by atoms with Crippen molar-refractivity contribution in [3.8, 4) is 11.4 Å². The van der Waals surface area contributed by atoms with Crippen LogP contribution in [0.1, 0.15) is 43.1 Å². The van der Waals surface area contributed by atoms with E-state index >= 15 is 0 Å². The van der Waals surface area contributed by atoms with Crippen LogP contribution in [0.3, 0.4) is 0 Å². The Bertz CT molecular complexity index is 1010. The summed E-state index contributed by atoms with van der Waals surface area (Å²) in [7, 11) is 0. The fourth-order valence-electron chi connectivity index (χ4n) is 3.75. The van der Waals surface area contributed by atoms with Gasteiger partial charge in [-0.25, -0.2) is 0 Å². The predicted molar refractivity (Wildman–Crippen MR) is 123 cm³/mol. The number of piperazine rings is 1. The van der Waals surface area contributed by atoms with Gasteiger partial charge in [0.05, 0.1) is 11.6 Å². The Hall–Kier alpha value is -2.64. The van der Waals surface area contributed by atoms with E-state index in [1.165, 1.54) is 0 Å². The van der Waals surface area contributed by atoms with E-state index in [9.17, 15) is 4.79 Å². The fourth-order valence-corrected chi connectivity index (χ4v) is 4.70. The Kier molecular flexibility index (Phi) is 6.73. The van der Waals surface area contributed by atoms with Crippen LogP contribution in [-0.4, -0.2) is 57.3 Å². The number of thioether (sulfide) groups is 1. The number of aromatic nitrogens is 2. The molecule has 1 amide bonds. The minimum absolute atomic E-state index is 0.00555. The van der Waals surface area contributed by atoms with E-state index < -0.39 is 0 Å². The second kappa shape index (κ2) is 9.66. The highest BCUT2D eigenvalue weighted by molar-refractivity contribution is 8.00. The second-order valence-electron chi connectivity index (χ2n) is 7.99. The number of hydrogen-bond donors (Lipinski definition) is 0. The summed E-state index contributed by atoms with van der Waals surface area (Å²) in [5, 5.41) is 4.57. The zero-order valence-corrected chi connectivity index (χ0v) is 19.0. The zero-order valence-electron chi connectivity index (χ0n) is 18.2. The van der Waals surface area contributed by atoms with Crippen molar-refractivity contribution in [2.24, 2.45) is 0 Å². The molecule has 0 aliphatic carbocycles. The molecular formula is C24H28N4O2S.